The Bertz CT molecular complexity index is 577. The molecule has 0 fully saturated rings. The van der Waals surface area contributed by atoms with Gasteiger partial charge in [-0.1, -0.05) is 52.3 Å². The maximum Gasteiger partial charge on any atom is 0.263 e. The number of halogens is 3. The number of hydrogen-bond acceptors (Lipinski definition) is 1. The first kappa shape index (κ1) is 16.1. The molecule has 0 radical (unpaired) electrons. The summed E-state index contributed by atoms with van der Waals surface area (Å²) in [6.07, 6.45) is -2.41. The molecule has 2 aromatic carbocycles. The molecule has 0 bridgehead atoms. The quantitative estimate of drug-likeness (QED) is 0.757. The molecule has 0 heterocycles. The van der Waals surface area contributed by atoms with Crippen LogP contribution in [0, 0.1) is 0 Å². The van der Waals surface area contributed by atoms with Gasteiger partial charge >= 0.3 is 0 Å². The van der Waals surface area contributed by atoms with Crippen LogP contribution in [0.5, 0.6) is 0 Å². The first-order chi connectivity index (χ1) is 9.88. The van der Waals surface area contributed by atoms with Crippen molar-refractivity contribution in [3.63, 3.8) is 0 Å². The second-order valence-electron chi connectivity index (χ2n) is 5.53. The normalized spacial score (nSPS) is 11.9. The number of rotatable bonds is 5. The zero-order chi connectivity index (χ0) is 15.5. The van der Waals surface area contributed by atoms with E-state index < -0.39 is 6.43 Å². The second-order valence-corrected chi connectivity index (χ2v) is 6.44. The lowest BCUT2D eigenvalue weighted by Crippen LogP contribution is -2.35. The minimum absolute atomic E-state index is 0.0610. The Morgan fingerprint density at radius 2 is 1.57 bits per heavy atom. The number of nitrogens with one attached hydrogen (secondary N) is 1. The Labute approximate surface area is 132 Å². The van der Waals surface area contributed by atoms with E-state index in [-0.39, 0.29) is 11.1 Å². The van der Waals surface area contributed by atoms with Crippen LogP contribution in [0.3, 0.4) is 0 Å². The summed E-state index contributed by atoms with van der Waals surface area (Å²) >= 11 is 3.42. The van der Waals surface area contributed by atoms with Crippen molar-refractivity contribution in [2.45, 2.75) is 32.4 Å². The highest BCUT2D eigenvalue weighted by atomic mass is 79.9. The highest BCUT2D eigenvalue weighted by molar-refractivity contribution is 9.10. The van der Waals surface area contributed by atoms with Gasteiger partial charge in [0.2, 0.25) is 0 Å². The Kier molecular flexibility index (Phi) is 5.12. The van der Waals surface area contributed by atoms with Gasteiger partial charge < -0.3 is 5.32 Å². The van der Waals surface area contributed by atoms with Gasteiger partial charge in [-0.15, -0.1) is 0 Å². The molecule has 2 aromatic rings. The van der Waals surface area contributed by atoms with Gasteiger partial charge in [-0.05, 0) is 37.1 Å². The lowest BCUT2D eigenvalue weighted by Gasteiger charge is -2.27. The molecule has 0 saturated carbocycles. The van der Waals surface area contributed by atoms with E-state index >= 15 is 0 Å². The van der Waals surface area contributed by atoms with Crippen LogP contribution in [0.4, 0.5) is 8.78 Å². The van der Waals surface area contributed by atoms with Crippen LogP contribution in [0.25, 0.3) is 0 Å². The predicted octanol–water partition coefficient (Wildman–Crippen LogP) is 5.41. The molecule has 4 heteroatoms. The van der Waals surface area contributed by atoms with Crippen molar-refractivity contribution < 1.29 is 8.78 Å². The van der Waals surface area contributed by atoms with Crippen molar-refractivity contribution in [3.05, 3.63) is 69.7 Å². The number of hydrogen-bond donors (Lipinski definition) is 1. The topological polar surface area (TPSA) is 12.0 Å². The van der Waals surface area contributed by atoms with E-state index in [1.807, 2.05) is 12.1 Å². The van der Waals surface area contributed by atoms with Crippen LogP contribution in [-0.2, 0) is 12.1 Å². The molecule has 0 spiro atoms. The van der Waals surface area contributed by atoms with Crippen LogP contribution >= 0.6 is 15.9 Å². The molecule has 1 N–H and O–H groups in total. The van der Waals surface area contributed by atoms with E-state index in [2.05, 4.69) is 47.2 Å². The average Bonchev–Trinajstić information content (AvgIpc) is 2.46. The highest BCUT2D eigenvalue weighted by Gasteiger charge is 2.19. The lowest BCUT2D eigenvalue weighted by molar-refractivity contribution is 0.151. The fourth-order valence-corrected chi connectivity index (χ4v) is 2.34. The summed E-state index contributed by atoms with van der Waals surface area (Å²) in [5.41, 5.74) is 2.03. The minimum Gasteiger partial charge on any atom is -0.304 e. The predicted molar refractivity (Wildman–Crippen MR) is 85.4 cm³/mol. The molecule has 21 heavy (non-hydrogen) atoms. The van der Waals surface area contributed by atoms with Crippen molar-refractivity contribution in [1.82, 2.24) is 5.32 Å². The van der Waals surface area contributed by atoms with Crippen LogP contribution in [0.1, 0.15) is 37.0 Å². The van der Waals surface area contributed by atoms with E-state index in [4.69, 9.17) is 0 Å². The van der Waals surface area contributed by atoms with Gasteiger partial charge in [0.15, 0.2) is 0 Å². The Hall–Kier alpha value is -1.26. The molecule has 0 unspecified atom stereocenters. The van der Waals surface area contributed by atoms with Crippen molar-refractivity contribution in [3.8, 4) is 0 Å². The molecule has 0 atom stereocenters. The molecule has 0 aliphatic carbocycles. The van der Waals surface area contributed by atoms with Gasteiger partial charge in [-0.25, -0.2) is 8.78 Å². The third-order valence-electron chi connectivity index (χ3n) is 3.53. The smallest absolute Gasteiger partial charge is 0.263 e. The molecule has 0 aliphatic rings. The molecule has 0 amide bonds. The van der Waals surface area contributed by atoms with Crippen molar-refractivity contribution in [1.29, 1.82) is 0 Å². The highest BCUT2D eigenvalue weighted by Crippen LogP contribution is 2.23. The van der Waals surface area contributed by atoms with Crippen molar-refractivity contribution in [2.24, 2.45) is 0 Å². The summed E-state index contributed by atoms with van der Waals surface area (Å²) in [5.74, 6) is 0. The van der Waals surface area contributed by atoms with E-state index in [9.17, 15) is 8.78 Å². The maximum atomic E-state index is 12.5. The first-order valence-electron chi connectivity index (χ1n) is 6.76. The Balaban J connectivity index is 2.02. The van der Waals surface area contributed by atoms with E-state index in [1.165, 1.54) is 17.7 Å². The fourth-order valence-electron chi connectivity index (χ4n) is 2.07. The molecule has 1 nitrogen and oxygen atoms in total. The molecule has 112 valence electrons. The minimum atomic E-state index is -2.41. The number of benzene rings is 2. The van der Waals surface area contributed by atoms with Crippen LogP contribution in [0.2, 0.25) is 0 Å². The van der Waals surface area contributed by atoms with Gasteiger partial charge in [0.1, 0.15) is 0 Å². The van der Waals surface area contributed by atoms with Crippen LogP contribution in [0.15, 0.2) is 53.0 Å². The Morgan fingerprint density at radius 3 is 2.10 bits per heavy atom. The Morgan fingerprint density at radius 1 is 1.00 bits per heavy atom. The third-order valence-corrected chi connectivity index (χ3v) is 4.06. The fraction of sp³-hybridized carbons (Fsp3) is 0.294. The van der Waals surface area contributed by atoms with E-state index in [1.54, 1.807) is 12.1 Å². The first-order valence-corrected chi connectivity index (χ1v) is 7.56. The molecule has 0 aromatic heterocycles. The number of alkyl halides is 2. The molecule has 0 aliphatic heterocycles. The van der Waals surface area contributed by atoms with Crippen LogP contribution in [-0.4, -0.2) is 0 Å². The molecular formula is C17H18BrF2N. The zero-order valence-corrected chi connectivity index (χ0v) is 13.6. The average molecular weight is 354 g/mol. The summed E-state index contributed by atoms with van der Waals surface area (Å²) in [4.78, 5) is 0. The van der Waals surface area contributed by atoms with E-state index in [0.717, 1.165) is 10.0 Å². The summed E-state index contributed by atoms with van der Waals surface area (Å²) in [7, 11) is 0. The largest absolute Gasteiger partial charge is 0.304 e. The van der Waals surface area contributed by atoms with Gasteiger partial charge in [0.05, 0.1) is 0 Å². The van der Waals surface area contributed by atoms with Gasteiger partial charge in [0, 0.05) is 22.1 Å². The van der Waals surface area contributed by atoms with Crippen molar-refractivity contribution in [2.75, 3.05) is 0 Å². The van der Waals surface area contributed by atoms with Gasteiger partial charge in [0.25, 0.3) is 6.43 Å². The van der Waals surface area contributed by atoms with Crippen LogP contribution < -0.4 is 5.32 Å². The second kappa shape index (κ2) is 6.67. The third kappa shape index (κ3) is 4.35. The van der Waals surface area contributed by atoms with Gasteiger partial charge in [-0.2, -0.15) is 0 Å². The SMILES string of the molecule is CC(C)(NCc1ccc(C(F)F)cc1)c1ccc(Br)cc1. The van der Waals surface area contributed by atoms with Crippen molar-refractivity contribution >= 4 is 15.9 Å². The van der Waals surface area contributed by atoms with E-state index in [0.29, 0.717) is 6.54 Å². The molecular weight excluding hydrogens is 336 g/mol. The maximum absolute atomic E-state index is 12.5. The monoisotopic (exact) mass is 353 g/mol. The summed E-state index contributed by atoms with van der Waals surface area (Å²) in [5, 5.41) is 3.46. The molecule has 0 saturated heterocycles. The standard InChI is InChI=1S/C17H18BrF2N/c1-17(2,14-7-9-15(18)10-8-14)21-11-12-3-5-13(6-4-12)16(19)20/h3-10,16,21H,11H2,1-2H3. The summed E-state index contributed by atoms with van der Waals surface area (Å²) < 4.78 is 26.1. The lowest BCUT2D eigenvalue weighted by atomic mass is 9.94. The molecule has 2 rings (SSSR count). The zero-order valence-electron chi connectivity index (χ0n) is 12.0. The summed E-state index contributed by atoms with van der Waals surface area (Å²) in [6, 6.07) is 14.6. The summed E-state index contributed by atoms with van der Waals surface area (Å²) in [6.45, 7) is 4.83. The van der Waals surface area contributed by atoms with Gasteiger partial charge in [-0.3, -0.25) is 0 Å².